The first-order valence-electron chi connectivity index (χ1n) is 7.03. The first kappa shape index (κ1) is 16.5. The molecule has 1 aromatic heterocycles. The number of nitrogens with one attached hydrogen (secondary N) is 1. The summed E-state index contributed by atoms with van der Waals surface area (Å²) in [6, 6.07) is 6.47. The predicted octanol–water partition coefficient (Wildman–Crippen LogP) is 2.73. The van der Waals surface area contributed by atoms with Crippen LogP contribution in [0.1, 0.15) is 35.6 Å². The summed E-state index contributed by atoms with van der Waals surface area (Å²) >= 11 is 5.82. The van der Waals surface area contributed by atoms with Gasteiger partial charge in [0.25, 0.3) is 0 Å². The van der Waals surface area contributed by atoms with Gasteiger partial charge in [0.15, 0.2) is 0 Å². The number of aliphatic hydroxyl groups excluding tert-OH is 1. The molecule has 6 heteroatoms. The summed E-state index contributed by atoms with van der Waals surface area (Å²) in [5.74, 6) is 0.452. The molecule has 1 heterocycles. The Morgan fingerprint density at radius 1 is 1.36 bits per heavy atom. The number of hydrogen-bond donors (Lipinski definition) is 2. The maximum absolute atomic E-state index is 12.1. The first-order chi connectivity index (χ1) is 10.4. The molecule has 0 fully saturated rings. The van der Waals surface area contributed by atoms with Gasteiger partial charge in [-0.15, -0.1) is 0 Å². The highest BCUT2D eigenvalue weighted by atomic mass is 35.5. The molecule has 0 bridgehead atoms. The number of halogens is 1. The van der Waals surface area contributed by atoms with Crippen molar-refractivity contribution in [2.24, 2.45) is 0 Å². The molecular weight excluding hydrogens is 304 g/mol. The summed E-state index contributed by atoms with van der Waals surface area (Å²) in [6.07, 6.45) is -0.621. The zero-order chi connectivity index (χ0) is 16.3. The van der Waals surface area contributed by atoms with Crippen LogP contribution in [0.3, 0.4) is 0 Å². The fourth-order valence-corrected chi connectivity index (χ4v) is 2.37. The molecule has 0 saturated carbocycles. The van der Waals surface area contributed by atoms with Gasteiger partial charge >= 0.3 is 0 Å². The van der Waals surface area contributed by atoms with E-state index in [4.69, 9.17) is 16.1 Å². The Labute approximate surface area is 134 Å². The summed E-state index contributed by atoms with van der Waals surface area (Å²) in [5.41, 5.74) is 2.19. The highest BCUT2D eigenvalue weighted by molar-refractivity contribution is 6.30. The van der Waals surface area contributed by atoms with E-state index in [1.165, 1.54) is 0 Å². The maximum atomic E-state index is 12.1. The topological polar surface area (TPSA) is 75.4 Å². The summed E-state index contributed by atoms with van der Waals surface area (Å²) in [7, 11) is 0. The van der Waals surface area contributed by atoms with Gasteiger partial charge in [-0.1, -0.05) is 28.9 Å². The zero-order valence-electron chi connectivity index (χ0n) is 12.8. The number of rotatable bonds is 5. The van der Waals surface area contributed by atoms with Crippen LogP contribution < -0.4 is 5.32 Å². The van der Waals surface area contributed by atoms with Gasteiger partial charge in [0.1, 0.15) is 5.76 Å². The van der Waals surface area contributed by atoms with Gasteiger partial charge in [-0.3, -0.25) is 4.79 Å². The number of aliphatic hydroxyl groups is 1. The van der Waals surface area contributed by atoms with Gasteiger partial charge in [0.2, 0.25) is 5.91 Å². The maximum Gasteiger partial charge on any atom is 0.224 e. The quantitative estimate of drug-likeness (QED) is 0.887. The van der Waals surface area contributed by atoms with E-state index in [1.807, 2.05) is 0 Å². The van der Waals surface area contributed by atoms with E-state index in [2.05, 4.69) is 10.5 Å². The van der Waals surface area contributed by atoms with E-state index in [0.717, 1.165) is 5.56 Å². The van der Waals surface area contributed by atoms with Gasteiger partial charge in [-0.25, -0.2) is 0 Å². The van der Waals surface area contributed by atoms with E-state index in [-0.39, 0.29) is 12.3 Å². The zero-order valence-corrected chi connectivity index (χ0v) is 13.5. The van der Waals surface area contributed by atoms with E-state index in [9.17, 15) is 9.90 Å². The lowest BCUT2D eigenvalue weighted by atomic mass is 10.0. The molecule has 0 saturated heterocycles. The molecule has 1 amide bonds. The molecule has 0 aliphatic heterocycles. The molecule has 1 aromatic carbocycles. The standard InChI is InChI=1S/C16H19ClN2O3/c1-9-14(11(3)22-19-9)8-15(20)18-10(2)16(21)12-4-6-13(17)7-5-12/h4-7,10,16,21H,8H2,1-3H3,(H,18,20). The van der Waals surface area contributed by atoms with Crippen molar-refractivity contribution in [1.29, 1.82) is 0 Å². The van der Waals surface area contributed by atoms with Crippen molar-refractivity contribution in [2.75, 3.05) is 0 Å². The largest absolute Gasteiger partial charge is 0.386 e. The molecular formula is C16H19ClN2O3. The SMILES string of the molecule is Cc1noc(C)c1CC(=O)NC(C)C(O)c1ccc(Cl)cc1. The molecule has 2 rings (SSSR count). The summed E-state index contributed by atoms with van der Waals surface area (Å²) < 4.78 is 5.04. The third-order valence-electron chi connectivity index (χ3n) is 3.59. The lowest BCUT2D eigenvalue weighted by Crippen LogP contribution is -2.38. The molecule has 0 aliphatic rings. The minimum Gasteiger partial charge on any atom is -0.386 e. The van der Waals surface area contributed by atoms with Crippen molar-refractivity contribution in [1.82, 2.24) is 10.5 Å². The van der Waals surface area contributed by atoms with E-state index in [0.29, 0.717) is 22.0 Å². The average molecular weight is 323 g/mol. The van der Waals surface area contributed by atoms with Crippen LogP contribution in [0.5, 0.6) is 0 Å². The van der Waals surface area contributed by atoms with Crippen LogP contribution in [0.2, 0.25) is 5.02 Å². The number of aryl methyl sites for hydroxylation is 2. The average Bonchev–Trinajstić information content (AvgIpc) is 2.79. The lowest BCUT2D eigenvalue weighted by molar-refractivity contribution is -0.121. The van der Waals surface area contributed by atoms with Crippen LogP contribution in [0.4, 0.5) is 0 Å². The van der Waals surface area contributed by atoms with Gasteiger partial charge in [0, 0.05) is 10.6 Å². The van der Waals surface area contributed by atoms with Crippen molar-refractivity contribution in [3.05, 3.63) is 51.9 Å². The number of carbonyl (C=O) groups excluding carboxylic acids is 1. The predicted molar refractivity (Wildman–Crippen MR) is 83.7 cm³/mol. The van der Waals surface area contributed by atoms with Gasteiger partial charge in [0.05, 0.1) is 24.3 Å². The first-order valence-corrected chi connectivity index (χ1v) is 7.41. The monoisotopic (exact) mass is 322 g/mol. The van der Waals surface area contributed by atoms with Crippen LogP contribution in [0.15, 0.2) is 28.8 Å². The molecule has 2 unspecified atom stereocenters. The highest BCUT2D eigenvalue weighted by Gasteiger charge is 2.20. The van der Waals surface area contributed by atoms with E-state index in [1.54, 1.807) is 45.0 Å². The highest BCUT2D eigenvalue weighted by Crippen LogP contribution is 2.19. The fraction of sp³-hybridized carbons (Fsp3) is 0.375. The van der Waals surface area contributed by atoms with Crippen molar-refractivity contribution in [3.63, 3.8) is 0 Å². The Kier molecular flexibility index (Phi) is 5.21. The van der Waals surface area contributed by atoms with Crippen molar-refractivity contribution >= 4 is 17.5 Å². The van der Waals surface area contributed by atoms with Crippen LogP contribution in [-0.4, -0.2) is 22.2 Å². The second kappa shape index (κ2) is 6.94. The number of hydrogen-bond acceptors (Lipinski definition) is 4. The Morgan fingerprint density at radius 2 is 2.00 bits per heavy atom. The van der Waals surface area contributed by atoms with Crippen LogP contribution in [0.25, 0.3) is 0 Å². The normalized spacial score (nSPS) is 13.7. The summed E-state index contributed by atoms with van der Waals surface area (Å²) in [5, 5.41) is 17.5. The molecule has 2 aromatic rings. The van der Waals surface area contributed by atoms with Gasteiger partial charge in [-0.2, -0.15) is 0 Å². The minimum absolute atomic E-state index is 0.179. The third-order valence-corrected chi connectivity index (χ3v) is 3.84. The molecule has 118 valence electrons. The number of aromatic nitrogens is 1. The second-order valence-corrected chi connectivity index (χ2v) is 5.77. The van der Waals surface area contributed by atoms with Crippen LogP contribution in [-0.2, 0) is 11.2 Å². The van der Waals surface area contributed by atoms with Crippen molar-refractivity contribution in [2.45, 2.75) is 39.3 Å². The number of amides is 1. The number of carbonyl (C=O) groups is 1. The van der Waals surface area contributed by atoms with E-state index >= 15 is 0 Å². The molecule has 22 heavy (non-hydrogen) atoms. The molecule has 0 spiro atoms. The van der Waals surface area contributed by atoms with E-state index < -0.39 is 12.1 Å². The Balaban J connectivity index is 1.97. The third kappa shape index (κ3) is 3.87. The van der Waals surface area contributed by atoms with Crippen LogP contribution >= 0.6 is 11.6 Å². The van der Waals surface area contributed by atoms with Gasteiger partial charge < -0.3 is 14.9 Å². The summed E-state index contributed by atoms with van der Waals surface area (Å²) in [6.45, 7) is 5.32. The Hall–Kier alpha value is -1.85. The van der Waals surface area contributed by atoms with Gasteiger partial charge in [-0.05, 0) is 38.5 Å². The van der Waals surface area contributed by atoms with Crippen molar-refractivity contribution < 1.29 is 14.4 Å². The summed E-state index contributed by atoms with van der Waals surface area (Å²) in [4.78, 5) is 12.1. The fourth-order valence-electron chi connectivity index (χ4n) is 2.25. The molecule has 2 atom stereocenters. The molecule has 5 nitrogen and oxygen atoms in total. The van der Waals surface area contributed by atoms with Crippen LogP contribution in [0, 0.1) is 13.8 Å². The smallest absolute Gasteiger partial charge is 0.224 e. The minimum atomic E-state index is -0.800. The Bertz CT molecular complexity index is 632. The number of nitrogens with zero attached hydrogens (tertiary/aromatic N) is 1. The molecule has 0 aliphatic carbocycles. The molecule has 0 radical (unpaired) electrons. The molecule has 2 N–H and O–H groups in total. The van der Waals surface area contributed by atoms with Crippen molar-refractivity contribution in [3.8, 4) is 0 Å². The lowest BCUT2D eigenvalue weighted by Gasteiger charge is -2.20. The number of benzene rings is 1. The second-order valence-electron chi connectivity index (χ2n) is 5.33. The Morgan fingerprint density at radius 3 is 2.55 bits per heavy atom.